The lowest BCUT2D eigenvalue weighted by Crippen LogP contribution is -2.42. The van der Waals surface area contributed by atoms with Gasteiger partial charge in [0.05, 0.1) is 0 Å². The molecule has 0 aromatic heterocycles. The van der Waals surface area contributed by atoms with Crippen molar-refractivity contribution in [3.8, 4) is 5.75 Å². The molecule has 0 aliphatic carbocycles. The Morgan fingerprint density at radius 2 is 2.15 bits per heavy atom. The molecule has 1 unspecified atom stereocenters. The first kappa shape index (κ1) is 13.9. The number of nitrogens with zero attached hydrogens (tertiary/aromatic N) is 1. The third kappa shape index (κ3) is 2.45. The van der Waals surface area contributed by atoms with Gasteiger partial charge in [-0.1, -0.05) is 12.1 Å². The molecule has 1 spiro atoms. The Bertz CT molecular complexity index is 500. The number of aryl methyl sites for hydroxylation is 2. The maximum atomic E-state index is 6.53. The average Bonchev–Trinajstić information content (AvgIpc) is 2.84. The van der Waals surface area contributed by atoms with Crippen LogP contribution in [-0.2, 0) is 6.42 Å². The van der Waals surface area contributed by atoms with E-state index in [1.165, 1.54) is 16.7 Å². The smallest absolute Gasteiger partial charge is 0.126 e. The molecule has 1 aromatic carbocycles. The van der Waals surface area contributed by atoms with E-state index in [9.17, 15) is 0 Å². The zero-order chi connectivity index (χ0) is 14.2. The second-order valence-corrected chi connectivity index (χ2v) is 6.45. The molecule has 0 amide bonds. The van der Waals surface area contributed by atoms with E-state index < -0.39 is 0 Å². The van der Waals surface area contributed by atoms with E-state index in [0.29, 0.717) is 0 Å². The Labute approximate surface area is 122 Å². The second-order valence-electron chi connectivity index (χ2n) is 6.45. The number of hydrogen-bond acceptors (Lipinski definition) is 3. The van der Waals surface area contributed by atoms with Gasteiger partial charge in [-0.05, 0) is 62.9 Å². The number of nitrogens with two attached hydrogens (primary N) is 1. The van der Waals surface area contributed by atoms with Crippen molar-refractivity contribution in [3.05, 3.63) is 28.8 Å². The van der Waals surface area contributed by atoms with Gasteiger partial charge in [-0.2, -0.15) is 0 Å². The fourth-order valence-electron chi connectivity index (χ4n) is 3.54. The van der Waals surface area contributed by atoms with Crippen molar-refractivity contribution < 1.29 is 4.74 Å². The minimum atomic E-state index is 0.0557. The Balaban J connectivity index is 1.77. The van der Waals surface area contributed by atoms with Gasteiger partial charge < -0.3 is 10.5 Å². The number of fused-ring (bicyclic) bond motifs is 1. The van der Waals surface area contributed by atoms with Crippen molar-refractivity contribution in [2.75, 3.05) is 26.2 Å². The minimum Gasteiger partial charge on any atom is -0.485 e. The van der Waals surface area contributed by atoms with Crippen LogP contribution in [0.25, 0.3) is 0 Å². The number of rotatable bonds is 3. The molecule has 110 valence electrons. The van der Waals surface area contributed by atoms with E-state index in [-0.39, 0.29) is 5.60 Å². The fourth-order valence-corrected chi connectivity index (χ4v) is 3.54. The lowest BCUT2D eigenvalue weighted by molar-refractivity contribution is 0.0536. The SMILES string of the molecule is Cc1ccc2c(c1C)OC1(CC2)CCN(CCCN)C1. The average molecular weight is 274 g/mol. The van der Waals surface area contributed by atoms with Gasteiger partial charge in [-0.25, -0.2) is 0 Å². The number of likely N-dealkylation sites (tertiary alicyclic amines) is 1. The van der Waals surface area contributed by atoms with Gasteiger partial charge in [-0.3, -0.25) is 4.90 Å². The molecule has 20 heavy (non-hydrogen) atoms. The molecule has 1 atom stereocenters. The summed E-state index contributed by atoms with van der Waals surface area (Å²) in [6.07, 6.45) is 4.55. The Morgan fingerprint density at radius 1 is 1.30 bits per heavy atom. The van der Waals surface area contributed by atoms with Crippen molar-refractivity contribution >= 4 is 0 Å². The summed E-state index contributed by atoms with van der Waals surface area (Å²) in [6.45, 7) is 8.48. The molecule has 0 bridgehead atoms. The van der Waals surface area contributed by atoms with Crippen LogP contribution in [0.5, 0.6) is 5.75 Å². The normalized spacial score (nSPS) is 25.8. The third-order valence-electron chi connectivity index (χ3n) is 5.00. The topological polar surface area (TPSA) is 38.5 Å². The molecule has 2 aliphatic heterocycles. The maximum Gasteiger partial charge on any atom is 0.126 e. The van der Waals surface area contributed by atoms with Crippen LogP contribution in [-0.4, -0.2) is 36.7 Å². The van der Waals surface area contributed by atoms with Crippen LogP contribution in [0.2, 0.25) is 0 Å². The molecule has 0 saturated carbocycles. The van der Waals surface area contributed by atoms with Gasteiger partial charge in [0, 0.05) is 19.5 Å². The van der Waals surface area contributed by atoms with Gasteiger partial charge in [0.25, 0.3) is 0 Å². The summed E-state index contributed by atoms with van der Waals surface area (Å²) in [5.41, 5.74) is 9.72. The molecular formula is C17H26N2O. The first-order valence-electron chi connectivity index (χ1n) is 7.84. The second kappa shape index (κ2) is 5.38. The Hall–Kier alpha value is -1.06. The van der Waals surface area contributed by atoms with Gasteiger partial charge in [-0.15, -0.1) is 0 Å². The number of hydrogen-bond donors (Lipinski definition) is 1. The molecular weight excluding hydrogens is 248 g/mol. The highest BCUT2D eigenvalue weighted by atomic mass is 16.5. The van der Waals surface area contributed by atoms with Crippen molar-refractivity contribution in [1.82, 2.24) is 4.90 Å². The lowest BCUT2D eigenvalue weighted by atomic mass is 9.88. The van der Waals surface area contributed by atoms with Crippen molar-refractivity contribution in [2.24, 2.45) is 5.73 Å². The summed E-state index contributed by atoms with van der Waals surface area (Å²) in [6, 6.07) is 4.46. The maximum absolute atomic E-state index is 6.53. The van der Waals surface area contributed by atoms with Crippen LogP contribution in [0.3, 0.4) is 0 Å². The highest BCUT2D eigenvalue weighted by Gasteiger charge is 2.42. The molecule has 2 N–H and O–H groups in total. The molecule has 3 heteroatoms. The lowest BCUT2D eigenvalue weighted by Gasteiger charge is -2.37. The van der Waals surface area contributed by atoms with E-state index in [1.54, 1.807) is 0 Å². The van der Waals surface area contributed by atoms with Crippen LogP contribution in [0.4, 0.5) is 0 Å². The number of benzene rings is 1. The predicted molar refractivity (Wildman–Crippen MR) is 82.3 cm³/mol. The van der Waals surface area contributed by atoms with Crippen LogP contribution >= 0.6 is 0 Å². The highest BCUT2D eigenvalue weighted by Crippen LogP contribution is 2.41. The van der Waals surface area contributed by atoms with Gasteiger partial charge >= 0.3 is 0 Å². The monoisotopic (exact) mass is 274 g/mol. The van der Waals surface area contributed by atoms with Gasteiger partial charge in [0.15, 0.2) is 0 Å². The predicted octanol–water partition coefficient (Wildman–Crippen LogP) is 2.42. The molecule has 0 radical (unpaired) electrons. The summed E-state index contributed by atoms with van der Waals surface area (Å²) in [7, 11) is 0. The minimum absolute atomic E-state index is 0.0557. The van der Waals surface area contributed by atoms with Gasteiger partial charge in [0.1, 0.15) is 11.4 Å². The van der Waals surface area contributed by atoms with Crippen LogP contribution in [0.15, 0.2) is 12.1 Å². The van der Waals surface area contributed by atoms with E-state index in [1.807, 2.05) is 0 Å². The summed E-state index contributed by atoms with van der Waals surface area (Å²) in [5.74, 6) is 1.16. The van der Waals surface area contributed by atoms with Gasteiger partial charge in [0.2, 0.25) is 0 Å². The highest BCUT2D eigenvalue weighted by molar-refractivity contribution is 5.47. The molecule has 3 nitrogen and oxygen atoms in total. The third-order valence-corrected chi connectivity index (χ3v) is 5.00. The summed E-state index contributed by atoms with van der Waals surface area (Å²) < 4.78 is 6.53. The van der Waals surface area contributed by atoms with E-state index in [4.69, 9.17) is 10.5 Å². The standard InChI is InChI=1S/C17H26N2O/c1-13-4-5-15-6-7-17(20-16(15)14(13)2)8-11-19(12-17)10-3-9-18/h4-5H,3,6-12,18H2,1-2H3. The molecule has 2 aliphatic rings. The molecule has 1 fully saturated rings. The zero-order valence-electron chi connectivity index (χ0n) is 12.7. The van der Waals surface area contributed by atoms with Crippen LogP contribution in [0.1, 0.15) is 36.0 Å². The quantitative estimate of drug-likeness (QED) is 0.920. The van der Waals surface area contributed by atoms with Crippen molar-refractivity contribution in [1.29, 1.82) is 0 Å². The van der Waals surface area contributed by atoms with E-state index >= 15 is 0 Å². The molecule has 1 saturated heterocycles. The van der Waals surface area contributed by atoms with Crippen molar-refractivity contribution in [2.45, 2.75) is 45.1 Å². The fraction of sp³-hybridized carbons (Fsp3) is 0.647. The summed E-state index contributed by atoms with van der Waals surface area (Å²) >= 11 is 0. The van der Waals surface area contributed by atoms with Crippen molar-refractivity contribution in [3.63, 3.8) is 0 Å². The first-order valence-corrected chi connectivity index (χ1v) is 7.84. The Morgan fingerprint density at radius 3 is 2.95 bits per heavy atom. The first-order chi connectivity index (χ1) is 9.63. The van der Waals surface area contributed by atoms with Crippen LogP contribution < -0.4 is 10.5 Å². The molecule has 1 aromatic rings. The summed E-state index contributed by atoms with van der Waals surface area (Å²) in [5, 5.41) is 0. The largest absolute Gasteiger partial charge is 0.485 e. The Kier molecular flexibility index (Phi) is 3.74. The molecule has 2 heterocycles. The zero-order valence-corrected chi connectivity index (χ0v) is 12.7. The van der Waals surface area contributed by atoms with E-state index in [0.717, 1.165) is 57.6 Å². The van der Waals surface area contributed by atoms with E-state index in [2.05, 4.69) is 30.9 Å². The number of ether oxygens (including phenoxy) is 1. The summed E-state index contributed by atoms with van der Waals surface area (Å²) in [4.78, 5) is 2.52. The van der Waals surface area contributed by atoms with Crippen LogP contribution in [0, 0.1) is 13.8 Å². The molecule has 3 rings (SSSR count).